The molecular formula is C13H10FN3OS. The van der Waals surface area contributed by atoms with E-state index in [-0.39, 0.29) is 10.6 Å². The van der Waals surface area contributed by atoms with E-state index >= 15 is 0 Å². The fourth-order valence-corrected chi connectivity index (χ4v) is 1.59. The molecule has 1 amide bonds. The predicted molar refractivity (Wildman–Crippen MR) is 74.5 cm³/mol. The first-order valence-corrected chi connectivity index (χ1v) is 5.79. The number of anilines is 1. The molecule has 4 nitrogen and oxygen atoms in total. The van der Waals surface area contributed by atoms with Gasteiger partial charge in [-0.1, -0.05) is 12.2 Å². The van der Waals surface area contributed by atoms with Crippen molar-refractivity contribution in [3.8, 4) is 0 Å². The first kappa shape index (κ1) is 13.1. The molecule has 0 unspecified atom stereocenters. The number of benzene rings is 1. The summed E-state index contributed by atoms with van der Waals surface area (Å²) in [6.45, 7) is 0. The number of pyridine rings is 1. The van der Waals surface area contributed by atoms with Crippen molar-refractivity contribution in [2.45, 2.75) is 0 Å². The minimum absolute atomic E-state index is 0.151. The standard InChI is InChI=1S/C13H10FN3OS/c14-10-5-9(6-16-7-10)13(18)17-11-3-1-8(2-4-11)12(15)19/h1-7H,(H2,15,19)(H,17,18). The van der Waals surface area contributed by atoms with Gasteiger partial charge in [-0.3, -0.25) is 9.78 Å². The molecule has 2 rings (SSSR count). The molecule has 1 aromatic heterocycles. The zero-order chi connectivity index (χ0) is 13.8. The molecule has 2 aromatic rings. The van der Waals surface area contributed by atoms with Crippen LogP contribution in [0, 0.1) is 5.82 Å². The molecule has 0 bridgehead atoms. The molecule has 0 saturated heterocycles. The summed E-state index contributed by atoms with van der Waals surface area (Å²) < 4.78 is 12.9. The number of rotatable bonds is 3. The maximum atomic E-state index is 12.9. The Balaban J connectivity index is 2.13. The fourth-order valence-electron chi connectivity index (χ4n) is 1.46. The molecule has 0 radical (unpaired) electrons. The molecule has 96 valence electrons. The molecule has 1 aromatic carbocycles. The predicted octanol–water partition coefficient (Wildman–Crippen LogP) is 2.11. The van der Waals surface area contributed by atoms with Gasteiger partial charge in [0, 0.05) is 17.4 Å². The third kappa shape index (κ3) is 3.32. The van der Waals surface area contributed by atoms with Crippen LogP contribution in [-0.4, -0.2) is 15.9 Å². The van der Waals surface area contributed by atoms with E-state index in [1.54, 1.807) is 24.3 Å². The van der Waals surface area contributed by atoms with Gasteiger partial charge >= 0.3 is 0 Å². The summed E-state index contributed by atoms with van der Waals surface area (Å²) in [6.07, 6.45) is 2.33. The third-order valence-corrected chi connectivity index (χ3v) is 2.63. The molecule has 6 heteroatoms. The van der Waals surface area contributed by atoms with E-state index < -0.39 is 11.7 Å². The minimum Gasteiger partial charge on any atom is -0.389 e. The van der Waals surface area contributed by atoms with Gasteiger partial charge in [-0.25, -0.2) is 4.39 Å². The van der Waals surface area contributed by atoms with Gasteiger partial charge in [0.05, 0.1) is 11.8 Å². The Morgan fingerprint density at radius 2 is 1.89 bits per heavy atom. The van der Waals surface area contributed by atoms with Gasteiger partial charge in [-0.05, 0) is 30.3 Å². The Kier molecular flexibility index (Phi) is 3.82. The molecule has 0 saturated carbocycles. The highest BCUT2D eigenvalue weighted by atomic mass is 32.1. The first-order chi connectivity index (χ1) is 9.06. The zero-order valence-corrected chi connectivity index (χ0v) is 10.6. The first-order valence-electron chi connectivity index (χ1n) is 5.38. The van der Waals surface area contributed by atoms with Crippen LogP contribution in [0.2, 0.25) is 0 Å². The van der Waals surface area contributed by atoms with Crippen LogP contribution in [0.5, 0.6) is 0 Å². The summed E-state index contributed by atoms with van der Waals surface area (Å²) in [5.41, 5.74) is 6.89. The lowest BCUT2D eigenvalue weighted by atomic mass is 10.2. The second-order valence-electron chi connectivity index (χ2n) is 3.79. The van der Waals surface area contributed by atoms with Crippen LogP contribution >= 0.6 is 12.2 Å². The van der Waals surface area contributed by atoms with E-state index in [4.69, 9.17) is 18.0 Å². The number of nitrogens with two attached hydrogens (primary N) is 1. The van der Waals surface area contributed by atoms with Crippen molar-refractivity contribution >= 4 is 28.8 Å². The van der Waals surface area contributed by atoms with Crippen LogP contribution in [-0.2, 0) is 0 Å². The van der Waals surface area contributed by atoms with E-state index in [2.05, 4.69) is 10.3 Å². The number of nitrogens with zero attached hydrogens (tertiary/aromatic N) is 1. The number of carbonyl (C=O) groups excluding carboxylic acids is 1. The van der Waals surface area contributed by atoms with Crippen molar-refractivity contribution in [2.24, 2.45) is 5.73 Å². The molecule has 3 N–H and O–H groups in total. The van der Waals surface area contributed by atoms with Crippen LogP contribution < -0.4 is 11.1 Å². The molecule has 0 atom stereocenters. The Bertz CT molecular complexity index is 628. The number of thiocarbonyl (C=S) groups is 1. The normalized spacial score (nSPS) is 9.95. The van der Waals surface area contributed by atoms with Crippen LogP contribution in [0.15, 0.2) is 42.7 Å². The van der Waals surface area contributed by atoms with Gasteiger partial charge in [0.2, 0.25) is 0 Å². The quantitative estimate of drug-likeness (QED) is 0.842. The van der Waals surface area contributed by atoms with Crippen molar-refractivity contribution in [2.75, 3.05) is 5.32 Å². The highest BCUT2D eigenvalue weighted by Crippen LogP contribution is 2.11. The highest BCUT2D eigenvalue weighted by Gasteiger charge is 2.07. The zero-order valence-electron chi connectivity index (χ0n) is 9.76. The van der Waals surface area contributed by atoms with Crippen LogP contribution in [0.1, 0.15) is 15.9 Å². The summed E-state index contributed by atoms with van der Waals surface area (Å²) >= 11 is 4.82. The number of amides is 1. The molecule has 1 heterocycles. The number of halogens is 1. The summed E-state index contributed by atoms with van der Waals surface area (Å²) in [5.74, 6) is -0.994. The maximum Gasteiger partial charge on any atom is 0.257 e. The van der Waals surface area contributed by atoms with Crippen LogP contribution in [0.25, 0.3) is 0 Å². The number of hydrogen-bond donors (Lipinski definition) is 2. The van der Waals surface area contributed by atoms with Gasteiger partial charge in [-0.2, -0.15) is 0 Å². The van der Waals surface area contributed by atoms with E-state index in [9.17, 15) is 9.18 Å². The summed E-state index contributed by atoms with van der Waals surface area (Å²) in [7, 11) is 0. The smallest absolute Gasteiger partial charge is 0.257 e. The Hall–Kier alpha value is -2.34. The maximum absolute atomic E-state index is 12.9. The largest absolute Gasteiger partial charge is 0.389 e. The molecule has 19 heavy (non-hydrogen) atoms. The molecule has 0 fully saturated rings. The van der Waals surface area contributed by atoms with E-state index in [1.165, 1.54) is 6.20 Å². The van der Waals surface area contributed by atoms with E-state index in [0.29, 0.717) is 11.3 Å². The van der Waals surface area contributed by atoms with Crippen molar-refractivity contribution in [3.63, 3.8) is 0 Å². The van der Waals surface area contributed by atoms with Gasteiger partial charge < -0.3 is 11.1 Å². The third-order valence-electron chi connectivity index (χ3n) is 2.39. The molecule has 0 aliphatic carbocycles. The lowest BCUT2D eigenvalue weighted by Crippen LogP contribution is -2.13. The fraction of sp³-hybridized carbons (Fsp3) is 0. The number of nitrogens with one attached hydrogen (secondary N) is 1. The number of hydrogen-bond acceptors (Lipinski definition) is 3. The summed E-state index contributed by atoms with van der Waals surface area (Å²) in [6, 6.07) is 7.84. The van der Waals surface area contributed by atoms with Gasteiger partial charge in [0.1, 0.15) is 10.8 Å². The van der Waals surface area contributed by atoms with Crippen LogP contribution in [0.3, 0.4) is 0 Å². The minimum atomic E-state index is -0.559. The van der Waals surface area contributed by atoms with Crippen LogP contribution in [0.4, 0.5) is 10.1 Å². The van der Waals surface area contributed by atoms with Gasteiger partial charge in [0.15, 0.2) is 0 Å². The second-order valence-corrected chi connectivity index (χ2v) is 4.23. The van der Waals surface area contributed by atoms with E-state index in [0.717, 1.165) is 12.3 Å². The average Bonchev–Trinajstić information content (AvgIpc) is 2.39. The van der Waals surface area contributed by atoms with Gasteiger partial charge in [-0.15, -0.1) is 0 Å². The molecule has 0 spiro atoms. The van der Waals surface area contributed by atoms with Gasteiger partial charge in [0.25, 0.3) is 5.91 Å². The Labute approximate surface area is 114 Å². The molecule has 0 aliphatic heterocycles. The van der Waals surface area contributed by atoms with E-state index in [1.807, 2.05) is 0 Å². The van der Waals surface area contributed by atoms with Crippen molar-refractivity contribution in [3.05, 3.63) is 59.7 Å². The Morgan fingerprint density at radius 3 is 2.47 bits per heavy atom. The Morgan fingerprint density at radius 1 is 1.21 bits per heavy atom. The molecular weight excluding hydrogens is 265 g/mol. The topological polar surface area (TPSA) is 68.0 Å². The average molecular weight is 275 g/mol. The molecule has 0 aliphatic rings. The monoisotopic (exact) mass is 275 g/mol. The summed E-state index contributed by atoms with van der Waals surface area (Å²) in [4.78, 5) is 15.7. The van der Waals surface area contributed by atoms with Crippen molar-refractivity contribution in [1.29, 1.82) is 0 Å². The summed E-state index contributed by atoms with van der Waals surface area (Å²) in [5, 5.41) is 2.62. The van der Waals surface area contributed by atoms with Crippen molar-refractivity contribution in [1.82, 2.24) is 4.98 Å². The number of aromatic nitrogens is 1. The van der Waals surface area contributed by atoms with Crippen molar-refractivity contribution < 1.29 is 9.18 Å². The second kappa shape index (κ2) is 5.53. The number of carbonyl (C=O) groups is 1. The lowest BCUT2D eigenvalue weighted by Gasteiger charge is -2.06. The lowest BCUT2D eigenvalue weighted by molar-refractivity contribution is 0.102. The SMILES string of the molecule is NC(=S)c1ccc(NC(=O)c2cncc(F)c2)cc1. The highest BCUT2D eigenvalue weighted by molar-refractivity contribution is 7.80.